The highest BCUT2D eigenvalue weighted by Crippen LogP contribution is 2.33. The molecule has 0 heterocycles. The molecular weight excluding hydrogens is 332 g/mol. The Kier molecular flexibility index (Phi) is 6.48. The standard InChI is InChI=1S/C21H22O3S/c1-14(2)13-23-19-11-8-17(12-20(19)25-5)16-6-9-18(10-7-16)24-21(22)15(3)4/h6-12H,1,3,13H2,2,4-5H3. The van der Waals surface area contributed by atoms with Gasteiger partial charge in [-0.15, -0.1) is 11.8 Å². The van der Waals surface area contributed by atoms with Crippen molar-refractivity contribution in [2.24, 2.45) is 0 Å². The number of hydrogen-bond donors (Lipinski definition) is 0. The fraction of sp³-hybridized carbons (Fsp3) is 0.190. The zero-order chi connectivity index (χ0) is 18.4. The van der Waals surface area contributed by atoms with Crippen LogP contribution in [0.25, 0.3) is 11.1 Å². The fourth-order valence-corrected chi connectivity index (χ4v) is 2.65. The van der Waals surface area contributed by atoms with E-state index in [2.05, 4.69) is 19.2 Å². The zero-order valence-corrected chi connectivity index (χ0v) is 15.6. The lowest BCUT2D eigenvalue weighted by Gasteiger charge is -2.12. The minimum absolute atomic E-state index is 0.374. The van der Waals surface area contributed by atoms with Crippen molar-refractivity contribution in [3.8, 4) is 22.6 Å². The minimum atomic E-state index is -0.420. The van der Waals surface area contributed by atoms with Gasteiger partial charge in [0.2, 0.25) is 0 Å². The lowest BCUT2D eigenvalue weighted by Crippen LogP contribution is -2.07. The van der Waals surface area contributed by atoms with Crippen molar-refractivity contribution in [2.75, 3.05) is 12.9 Å². The molecule has 3 nitrogen and oxygen atoms in total. The van der Waals surface area contributed by atoms with E-state index in [-0.39, 0.29) is 0 Å². The van der Waals surface area contributed by atoms with Gasteiger partial charge in [0.1, 0.15) is 18.1 Å². The highest BCUT2D eigenvalue weighted by atomic mass is 32.2. The van der Waals surface area contributed by atoms with Gasteiger partial charge in [0, 0.05) is 10.5 Å². The summed E-state index contributed by atoms with van der Waals surface area (Å²) in [5.74, 6) is 0.936. The van der Waals surface area contributed by atoms with Gasteiger partial charge in [-0.05, 0) is 61.1 Å². The third-order valence-electron chi connectivity index (χ3n) is 3.38. The van der Waals surface area contributed by atoms with Crippen LogP contribution in [0.3, 0.4) is 0 Å². The van der Waals surface area contributed by atoms with Crippen molar-refractivity contribution in [2.45, 2.75) is 18.7 Å². The topological polar surface area (TPSA) is 35.5 Å². The first-order chi connectivity index (χ1) is 11.9. The first-order valence-corrected chi connectivity index (χ1v) is 9.06. The van der Waals surface area contributed by atoms with Gasteiger partial charge in [-0.3, -0.25) is 0 Å². The Hall–Kier alpha value is -2.46. The molecule has 130 valence electrons. The molecule has 0 unspecified atom stereocenters. The maximum absolute atomic E-state index is 11.6. The number of thioether (sulfide) groups is 1. The van der Waals surface area contributed by atoms with Gasteiger partial charge < -0.3 is 9.47 Å². The molecule has 0 aliphatic rings. The van der Waals surface area contributed by atoms with E-state index in [1.807, 2.05) is 37.4 Å². The lowest BCUT2D eigenvalue weighted by molar-refractivity contribution is -0.130. The monoisotopic (exact) mass is 354 g/mol. The molecule has 0 aromatic heterocycles. The van der Waals surface area contributed by atoms with Crippen LogP contribution in [0.15, 0.2) is 71.7 Å². The first kappa shape index (κ1) is 18.9. The summed E-state index contributed by atoms with van der Waals surface area (Å²) in [5.41, 5.74) is 3.47. The molecule has 0 bridgehead atoms. The van der Waals surface area contributed by atoms with Gasteiger partial charge in [-0.2, -0.15) is 0 Å². The average molecular weight is 354 g/mol. The summed E-state index contributed by atoms with van der Waals surface area (Å²) in [7, 11) is 0. The van der Waals surface area contributed by atoms with Gasteiger partial charge in [0.15, 0.2) is 0 Å². The van der Waals surface area contributed by atoms with E-state index in [1.54, 1.807) is 30.8 Å². The average Bonchev–Trinajstić information content (AvgIpc) is 2.60. The summed E-state index contributed by atoms with van der Waals surface area (Å²) in [6.07, 6.45) is 2.02. The molecule has 2 aromatic rings. The SMILES string of the molecule is C=C(C)COc1ccc(-c2ccc(OC(=O)C(=C)C)cc2)cc1SC. The number of rotatable bonds is 7. The van der Waals surface area contributed by atoms with Crippen molar-refractivity contribution in [1.29, 1.82) is 0 Å². The van der Waals surface area contributed by atoms with Crippen molar-refractivity contribution < 1.29 is 14.3 Å². The van der Waals surface area contributed by atoms with E-state index in [0.29, 0.717) is 17.9 Å². The summed E-state index contributed by atoms with van der Waals surface area (Å²) < 4.78 is 11.0. The maximum Gasteiger partial charge on any atom is 0.338 e. The van der Waals surface area contributed by atoms with Crippen LogP contribution in [0.4, 0.5) is 0 Å². The lowest BCUT2D eigenvalue weighted by atomic mass is 10.1. The van der Waals surface area contributed by atoms with E-state index in [0.717, 1.165) is 27.3 Å². The molecule has 0 amide bonds. The Morgan fingerprint density at radius 2 is 1.68 bits per heavy atom. The number of carbonyl (C=O) groups excluding carboxylic acids is 1. The number of ether oxygens (including phenoxy) is 2. The molecule has 0 saturated carbocycles. The van der Waals surface area contributed by atoms with E-state index in [9.17, 15) is 4.79 Å². The van der Waals surface area contributed by atoms with E-state index in [4.69, 9.17) is 9.47 Å². The summed E-state index contributed by atoms with van der Waals surface area (Å²) in [6, 6.07) is 13.5. The Labute approximate surface area is 153 Å². The van der Waals surface area contributed by atoms with E-state index in [1.165, 1.54) is 0 Å². The molecule has 25 heavy (non-hydrogen) atoms. The van der Waals surface area contributed by atoms with E-state index < -0.39 is 5.97 Å². The predicted molar refractivity (Wildman–Crippen MR) is 104 cm³/mol. The summed E-state index contributed by atoms with van der Waals surface area (Å²) in [6.45, 7) is 11.5. The van der Waals surface area contributed by atoms with Crippen LogP contribution in [-0.4, -0.2) is 18.8 Å². The third-order valence-corrected chi connectivity index (χ3v) is 4.14. The quantitative estimate of drug-likeness (QED) is 0.216. The zero-order valence-electron chi connectivity index (χ0n) is 14.8. The summed E-state index contributed by atoms with van der Waals surface area (Å²) in [5, 5.41) is 0. The fourth-order valence-electron chi connectivity index (χ4n) is 2.08. The summed E-state index contributed by atoms with van der Waals surface area (Å²) in [4.78, 5) is 12.6. The summed E-state index contributed by atoms with van der Waals surface area (Å²) >= 11 is 1.64. The number of hydrogen-bond acceptors (Lipinski definition) is 4. The first-order valence-electron chi connectivity index (χ1n) is 7.84. The molecule has 4 heteroatoms. The van der Waals surface area contributed by atoms with Gasteiger partial charge in [0.05, 0.1) is 0 Å². The van der Waals surface area contributed by atoms with Gasteiger partial charge in [-0.25, -0.2) is 4.79 Å². The van der Waals surface area contributed by atoms with Crippen molar-refractivity contribution in [3.05, 3.63) is 66.8 Å². The Bertz CT molecular complexity index is 791. The molecule has 0 spiro atoms. The molecule has 0 aliphatic heterocycles. The minimum Gasteiger partial charge on any atom is -0.488 e. The van der Waals surface area contributed by atoms with Crippen molar-refractivity contribution in [1.82, 2.24) is 0 Å². The Morgan fingerprint density at radius 3 is 2.24 bits per heavy atom. The highest BCUT2D eigenvalue weighted by Gasteiger charge is 2.08. The third kappa shape index (κ3) is 5.26. The molecular formula is C21H22O3S. The van der Waals surface area contributed by atoms with Gasteiger partial charge in [0.25, 0.3) is 0 Å². The second kappa shape index (κ2) is 8.58. The Morgan fingerprint density at radius 1 is 1.04 bits per heavy atom. The van der Waals surface area contributed by atoms with Crippen LogP contribution in [0.1, 0.15) is 13.8 Å². The van der Waals surface area contributed by atoms with Crippen molar-refractivity contribution >= 4 is 17.7 Å². The van der Waals surface area contributed by atoms with Crippen LogP contribution in [0, 0.1) is 0 Å². The second-order valence-electron chi connectivity index (χ2n) is 5.81. The Balaban J connectivity index is 2.19. The highest BCUT2D eigenvalue weighted by molar-refractivity contribution is 7.98. The van der Waals surface area contributed by atoms with Crippen LogP contribution >= 0.6 is 11.8 Å². The van der Waals surface area contributed by atoms with E-state index >= 15 is 0 Å². The molecule has 2 aromatic carbocycles. The molecule has 0 N–H and O–H groups in total. The molecule has 0 saturated heterocycles. The molecule has 0 aliphatic carbocycles. The smallest absolute Gasteiger partial charge is 0.338 e. The van der Waals surface area contributed by atoms with Crippen molar-refractivity contribution in [3.63, 3.8) is 0 Å². The number of benzene rings is 2. The van der Waals surface area contributed by atoms with Crippen LogP contribution in [0.5, 0.6) is 11.5 Å². The van der Waals surface area contributed by atoms with Crippen LogP contribution in [-0.2, 0) is 4.79 Å². The van der Waals surface area contributed by atoms with Crippen LogP contribution < -0.4 is 9.47 Å². The maximum atomic E-state index is 11.6. The van der Waals surface area contributed by atoms with Gasteiger partial charge >= 0.3 is 5.97 Å². The molecule has 0 atom stereocenters. The second-order valence-corrected chi connectivity index (χ2v) is 6.65. The molecule has 0 radical (unpaired) electrons. The number of esters is 1. The van der Waals surface area contributed by atoms with Crippen LogP contribution in [0.2, 0.25) is 0 Å². The predicted octanol–water partition coefficient (Wildman–Crippen LogP) is 5.51. The molecule has 2 rings (SSSR count). The normalized spacial score (nSPS) is 10.2. The molecule has 0 fully saturated rings. The largest absolute Gasteiger partial charge is 0.488 e. The van der Waals surface area contributed by atoms with Gasteiger partial charge in [-0.1, -0.05) is 31.4 Å². The number of carbonyl (C=O) groups is 1.